The fraction of sp³-hybridized carbons (Fsp3) is 0.375. The number of piperazine rings is 1. The molecule has 1 amide bonds. The quantitative estimate of drug-likeness (QED) is 0.430. The highest BCUT2D eigenvalue weighted by Gasteiger charge is 2.19. The molecule has 1 aliphatic heterocycles. The molecule has 0 N–H and O–H groups in total. The molecule has 0 aromatic heterocycles. The number of allylic oxidation sites excluding steroid dienone is 4. The van der Waals surface area contributed by atoms with Crippen LogP contribution in [0.3, 0.4) is 0 Å². The van der Waals surface area contributed by atoms with Crippen LogP contribution in [0.25, 0.3) is 0 Å². The van der Waals surface area contributed by atoms with Crippen molar-refractivity contribution in [3.05, 3.63) is 55.0 Å². The Bertz CT molecular complexity index is 420. The van der Waals surface area contributed by atoms with Crippen molar-refractivity contribution < 1.29 is 4.79 Å². The molecule has 3 nitrogen and oxygen atoms in total. The van der Waals surface area contributed by atoms with Gasteiger partial charge in [0.1, 0.15) is 0 Å². The van der Waals surface area contributed by atoms with Crippen molar-refractivity contribution in [1.29, 1.82) is 0 Å². The van der Waals surface area contributed by atoms with Gasteiger partial charge >= 0.3 is 0 Å². The summed E-state index contributed by atoms with van der Waals surface area (Å²) in [6.45, 7) is 12.4. The Morgan fingerprint density at radius 3 is 2.42 bits per heavy atom. The Morgan fingerprint density at radius 1 is 1.26 bits per heavy atom. The molecule has 0 spiro atoms. The van der Waals surface area contributed by atoms with Crippen molar-refractivity contribution in [3.8, 4) is 0 Å². The molecule has 0 radical (unpaired) electrons. The highest BCUT2D eigenvalue weighted by Crippen LogP contribution is 2.11. The van der Waals surface area contributed by atoms with Gasteiger partial charge in [0, 0.05) is 38.0 Å². The summed E-state index contributed by atoms with van der Waals surface area (Å²) in [6.07, 6.45) is 10.5. The second kappa shape index (κ2) is 8.17. The number of rotatable bonds is 5. The van der Waals surface area contributed by atoms with E-state index in [-0.39, 0.29) is 5.91 Å². The lowest BCUT2D eigenvalue weighted by molar-refractivity contribution is -0.127. The molecule has 3 heteroatoms. The molecule has 0 unspecified atom stereocenters. The molecule has 1 saturated heterocycles. The molecule has 19 heavy (non-hydrogen) atoms. The van der Waals surface area contributed by atoms with Gasteiger partial charge in [-0.2, -0.15) is 0 Å². The van der Waals surface area contributed by atoms with Gasteiger partial charge in [0.05, 0.1) is 0 Å². The van der Waals surface area contributed by atoms with Crippen molar-refractivity contribution >= 4 is 5.91 Å². The Labute approximate surface area is 115 Å². The molecule has 102 valence electrons. The molecule has 1 fully saturated rings. The molecule has 0 aromatic rings. The smallest absolute Gasteiger partial charge is 0.246 e. The molecule has 0 saturated carbocycles. The number of carbonyl (C=O) groups is 1. The van der Waals surface area contributed by atoms with E-state index in [0.717, 1.165) is 38.3 Å². The first-order valence-corrected chi connectivity index (χ1v) is 6.61. The molecule has 0 atom stereocenters. The largest absolute Gasteiger partial charge is 0.367 e. The Kier molecular flexibility index (Phi) is 6.48. The molecule has 1 rings (SSSR count). The van der Waals surface area contributed by atoms with Crippen molar-refractivity contribution in [3.63, 3.8) is 0 Å². The lowest BCUT2D eigenvalue weighted by Gasteiger charge is -2.36. The number of nitrogens with zero attached hydrogens (tertiary/aromatic N) is 2. The normalized spacial score (nSPS) is 16.4. The second-order valence-corrected chi connectivity index (χ2v) is 4.29. The van der Waals surface area contributed by atoms with Crippen molar-refractivity contribution in [2.75, 3.05) is 26.2 Å². The van der Waals surface area contributed by atoms with Crippen LogP contribution in [0.2, 0.25) is 0 Å². The summed E-state index contributed by atoms with van der Waals surface area (Å²) < 4.78 is 0. The van der Waals surface area contributed by atoms with Crippen molar-refractivity contribution in [2.45, 2.75) is 13.3 Å². The van der Waals surface area contributed by atoms with Crippen LogP contribution in [0.4, 0.5) is 0 Å². The molecular weight excluding hydrogens is 236 g/mol. The Balaban J connectivity index is 2.67. The van der Waals surface area contributed by atoms with Crippen LogP contribution in [-0.4, -0.2) is 41.9 Å². The molecular formula is C16H22N2O. The third kappa shape index (κ3) is 4.65. The van der Waals surface area contributed by atoms with E-state index < -0.39 is 0 Å². The summed E-state index contributed by atoms with van der Waals surface area (Å²) in [5, 5.41) is 0. The first kappa shape index (κ1) is 15.1. The summed E-state index contributed by atoms with van der Waals surface area (Å²) >= 11 is 0. The standard InChI is InChI=1S/C16H22N2O/c1-4-7-8-10-15(9-5-2)17-11-13-18(14-12-17)16(19)6-3/h6-10H,2-4,11-14H2,1H3/b8-7+,15-10+. The maximum absolute atomic E-state index is 11.5. The summed E-state index contributed by atoms with van der Waals surface area (Å²) in [4.78, 5) is 15.6. The van der Waals surface area contributed by atoms with E-state index >= 15 is 0 Å². The van der Waals surface area contributed by atoms with E-state index in [1.807, 2.05) is 17.1 Å². The number of amides is 1. The zero-order chi connectivity index (χ0) is 14.1. The third-order valence-electron chi connectivity index (χ3n) is 3.02. The molecule has 1 aliphatic rings. The predicted octanol–water partition coefficient (Wildman–Crippen LogP) is 2.51. The minimum Gasteiger partial charge on any atom is -0.367 e. The second-order valence-electron chi connectivity index (χ2n) is 4.29. The van der Waals surface area contributed by atoms with Crippen LogP contribution in [-0.2, 0) is 4.79 Å². The van der Waals surface area contributed by atoms with Crippen LogP contribution in [0.15, 0.2) is 55.0 Å². The average molecular weight is 258 g/mol. The van der Waals surface area contributed by atoms with E-state index in [2.05, 4.69) is 42.9 Å². The first-order valence-electron chi connectivity index (χ1n) is 6.61. The fourth-order valence-corrected chi connectivity index (χ4v) is 1.97. The van der Waals surface area contributed by atoms with Crippen LogP contribution in [0.5, 0.6) is 0 Å². The number of carbonyl (C=O) groups excluding carboxylic acids is 1. The Morgan fingerprint density at radius 2 is 1.89 bits per heavy atom. The maximum atomic E-state index is 11.5. The van der Waals surface area contributed by atoms with E-state index in [0.29, 0.717) is 0 Å². The highest BCUT2D eigenvalue weighted by molar-refractivity contribution is 5.87. The Hall–Kier alpha value is -1.99. The molecule has 0 bridgehead atoms. The van der Waals surface area contributed by atoms with Crippen LogP contribution >= 0.6 is 0 Å². The lowest BCUT2D eigenvalue weighted by Crippen LogP contribution is -2.47. The van der Waals surface area contributed by atoms with Crippen molar-refractivity contribution in [2.24, 2.45) is 0 Å². The minimum atomic E-state index is 0.00956. The molecule has 0 aliphatic carbocycles. The number of hydrogen-bond acceptors (Lipinski definition) is 2. The van der Waals surface area contributed by atoms with Gasteiger partial charge in [-0.3, -0.25) is 4.79 Å². The summed E-state index contributed by atoms with van der Waals surface area (Å²) in [7, 11) is 0. The fourth-order valence-electron chi connectivity index (χ4n) is 1.97. The summed E-state index contributed by atoms with van der Waals surface area (Å²) in [5.41, 5.74) is 3.91. The van der Waals surface area contributed by atoms with E-state index in [1.165, 1.54) is 6.08 Å². The highest BCUT2D eigenvalue weighted by atomic mass is 16.2. The first-order chi connectivity index (χ1) is 9.22. The van der Waals surface area contributed by atoms with Crippen LogP contribution in [0.1, 0.15) is 13.3 Å². The van der Waals surface area contributed by atoms with E-state index in [1.54, 1.807) is 0 Å². The monoisotopic (exact) mass is 258 g/mol. The summed E-state index contributed by atoms with van der Waals surface area (Å²) in [5.74, 6) is 0.00956. The lowest BCUT2D eigenvalue weighted by atomic mass is 10.2. The van der Waals surface area contributed by atoms with Gasteiger partial charge in [-0.15, -0.1) is 5.73 Å². The van der Waals surface area contributed by atoms with Gasteiger partial charge in [0.25, 0.3) is 0 Å². The summed E-state index contributed by atoms with van der Waals surface area (Å²) in [6, 6.07) is 0. The minimum absolute atomic E-state index is 0.00956. The molecule has 0 aromatic carbocycles. The predicted molar refractivity (Wildman–Crippen MR) is 79.6 cm³/mol. The topological polar surface area (TPSA) is 23.6 Å². The van der Waals surface area contributed by atoms with Gasteiger partial charge < -0.3 is 9.80 Å². The van der Waals surface area contributed by atoms with Gasteiger partial charge in [-0.1, -0.05) is 32.2 Å². The maximum Gasteiger partial charge on any atom is 0.246 e. The van der Waals surface area contributed by atoms with Gasteiger partial charge in [-0.05, 0) is 18.6 Å². The third-order valence-corrected chi connectivity index (χ3v) is 3.02. The van der Waals surface area contributed by atoms with Gasteiger partial charge in [-0.25, -0.2) is 0 Å². The van der Waals surface area contributed by atoms with E-state index in [9.17, 15) is 4.79 Å². The molecule has 1 heterocycles. The average Bonchev–Trinajstić information content (AvgIpc) is 2.46. The van der Waals surface area contributed by atoms with Crippen molar-refractivity contribution in [1.82, 2.24) is 9.80 Å². The van der Waals surface area contributed by atoms with E-state index in [4.69, 9.17) is 0 Å². The zero-order valence-corrected chi connectivity index (χ0v) is 11.6. The van der Waals surface area contributed by atoms with Gasteiger partial charge in [0.2, 0.25) is 5.91 Å². The SMILES string of the molecule is C=C=C/C(=C\C=C\CC)N1CCN(C(=O)C=C)CC1. The number of hydrogen-bond donors (Lipinski definition) is 0. The zero-order valence-electron chi connectivity index (χ0n) is 11.6. The van der Waals surface area contributed by atoms with Gasteiger partial charge in [0.15, 0.2) is 0 Å². The van der Waals surface area contributed by atoms with Crippen LogP contribution < -0.4 is 0 Å². The van der Waals surface area contributed by atoms with Crippen LogP contribution in [0, 0.1) is 0 Å².